The molecule has 1 saturated heterocycles. The number of imidazole rings is 1. The first kappa shape index (κ1) is 26.4. The van der Waals surface area contributed by atoms with Crippen molar-refractivity contribution in [1.29, 1.82) is 0 Å². The van der Waals surface area contributed by atoms with Crippen molar-refractivity contribution in [2.45, 2.75) is 71.4 Å². The number of nitrogens with one attached hydrogen (secondary N) is 1. The summed E-state index contributed by atoms with van der Waals surface area (Å²) in [5, 5.41) is 3.72. The molecule has 0 spiro atoms. The van der Waals surface area contributed by atoms with Crippen LogP contribution in [0.15, 0.2) is 48.8 Å². The van der Waals surface area contributed by atoms with Crippen LogP contribution in [0.3, 0.4) is 0 Å². The lowest BCUT2D eigenvalue weighted by molar-refractivity contribution is 0.408. The van der Waals surface area contributed by atoms with E-state index in [1.54, 1.807) is 7.11 Å². The molecular formula is C32H41N7O. The van der Waals surface area contributed by atoms with Gasteiger partial charge in [-0.3, -0.25) is 0 Å². The molecular weight excluding hydrogens is 498 g/mol. The van der Waals surface area contributed by atoms with Crippen LogP contribution >= 0.6 is 0 Å². The molecule has 2 aromatic heterocycles. The van der Waals surface area contributed by atoms with Gasteiger partial charge in [-0.1, -0.05) is 32.9 Å². The highest BCUT2D eigenvalue weighted by Crippen LogP contribution is 2.40. The van der Waals surface area contributed by atoms with Gasteiger partial charge in [0.1, 0.15) is 11.3 Å². The van der Waals surface area contributed by atoms with Crippen molar-refractivity contribution in [2.75, 3.05) is 41.9 Å². The van der Waals surface area contributed by atoms with E-state index in [1.165, 1.54) is 29.7 Å². The number of methoxy groups -OCH3 is 1. The SMILES string of the molecule is COc1ccc(N2CCN(c3nc(Nc4cc(C(C)(C)C)ccc4C)c4c(ncn4C4CC4)n3)CC2(C)C)cc1. The van der Waals surface area contributed by atoms with Gasteiger partial charge in [-0.05, 0) is 80.5 Å². The monoisotopic (exact) mass is 539 g/mol. The lowest BCUT2D eigenvalue weighted by Crippen LogP contribution is -2.60. The summed E-state index contributed by atoms with van der Waals surface area (Å²) in [6.07, 6.45) is 4.29. The first-order valence-corrected chi connectivity index (χ1v) is 14.3. The summed E-state index contributed by atoms with van der Waals surface area (Å²) in [5.41, 5.74) is 6.42. The van der Waals surface area contributed by atoms with Crippen LogP contribution in [-0.4, -0.2) is 51.8 Å². The van der Waals surface area contributed by atoms with E-state index >= 15 is 0 Å². The van der Waals surface area contributed by atoms with Gasteiger partial charge in [-0.2, -0.15) is 9.97 Å². The smallest absolute Gasteiger partial charge is 0.229 e. The average Bonchev–Trinajstić information content (AvgIpc) is 3.67. The second-order valence-electron chi connectivity index (χ2n) is 12.9. The number of aromatic nitrogens is 4. The number of fused-ring (bicyclic) bond motifs is 1. The van der Waals surface area contributed by atoms with Gasteiger partial charge in [0.05, 0.1) is 19.0 Å². The number of benzene rings is 2. The predicted octanol–water partition coefficient (Wildman–Crippen LogP) is 6.62. The van der Waals surface area contributed by atoms with Crippen molar-refractivity contribution in [3.63, 3.8) is 0 Å². The van der Waals surface area contributed by atoms with Crippen LogP contribution in [0.1, 0.15) is 64.6 Å². The standard InChI is InChI=1S/C32H41N7O/c1-21-8-9-22(31(2,3)4)18-26(21)34-29-27-28(33-20-38(27)23-10-11-23)35-30(36-29)37-16-17-39(32(5,6)19-37)24-12-14-25(40-7)15-13-24/h8-9,12-15,18,20,23H,10-11,16-17,19H2,1-7H3,(H,34,35,36). The number of nitrogens with zero attached hydrogens (tertiary/aromatic N) is 6. The molecule has 40 heavy (non-hydrogen) atoms. The lowest BCUT2D eigenvalue weighted by atomic mass is 9.86. The van der Waals surface area contributed by atoms with Crippen molar-refractivity contribution in [2.24, 2.45) is 0 Å². The zero-order chi connectivity index (χ0) is 28.2. The van der Waals surface area contributed by atoms with Gasteiger partial charge in [0, 0.05) is 37.1 Å². The summed E-state index contributed by atoms with van der Waals surface area (Å²) in [6.45, 7) is 15.9. The summed E-state index contributed by atoms with van der Waals surface area (Å²) in [4.78, 5) is 19.7. The molecule has 8 heteroatoms. The normalized spacial score (nSPS) is 17.4. The highest BCUT2D eigenvalue weighted by atomic mass is 16.5. The molecule has 0 atom stereocenters. The van der Waals surface area contributed by atoms with E-state index in [1.807, 2.05) is 18.5 Å². The maximum atomic E-state index is 5.37. The number of aryl methyl sites for hydroxylation is 1. The van der Waals surface area contributed by atoms with Crippen molar-refractivity contribution in [3.05, 3.63) is 59.9 Å². The molecule has 0 bridgehead atoms. The van der Waals surface area contributed by atoms with Crippen LogP contribution in [-0.2, 0) is 5.41 Å². The molecule has 1 aliphatic heterocycles. The third-order valence-electron chi connectivity index (χ3n) is 8.28. The molecule has 0 amide bonds. The highest BCUT2D eigenvalue weighted by Gasteiger charge is 2.36. The average molecular weight is 540 g/mol. The Kier molecular flexibility index (Phi) is 6.39. The third kappa shape index (κ3) is 4.95. The molecule has 6 rings (SSSR count). The number of piperazine rings is 1. The Morgan fingerprint density at radius 3 is 2.40 bits per heavy atom. The van der Waals surface area contributed by atoms with Crippen molar-refractivity contribution in [3.8, 4) is 5.75 Å². The molecule has 8 nitrogen and oxygen atoms in total. The number of anilines is 4. The van der Waals surface area contributed by atoms with E-state index in [4.69, 9.17) is 19.7 Å². The van der Waals surface area contributed by atoms with E-state index in [-0.39, 0.29) is 11.0 Å². The van der Waals surface area contributed by atoms with Crippen LogP contribution in [0.5, 0.6) is 5.75 Å². The predicted molar refractivity (Wildman–Crippen MR) is 163 cm³/mol. The lowest BCUT2D eigenvalue weighted by Gasteiger charge is -2.48. The summed E-state index contributed by atoms with van der Waals surface area (Å²) >= 11 is 0. The van der Waals surface area contributed by atoms with Crippen LogP contribution in [0.25, 0.3) is 11.2 Å². The van der Waals surface area contributed by atoms with Crippen LogP contribution in [0.4, 0.5) is 23.1 Å². The largest absolute Gasteiger partial charge is 0.497 e. The third-order valence-corrected chi connectivity index (χ3v) is 8.28. The van der Waals surface area contributed by atoms with E-state index in [2.05, 4.69) is 91.6 Å². The first-order valence-electron chi connectivity index (χ1n) is 14.3. The summed E-state index contributed by atoms with van der Waals surface area (Å²) in [6, 6.07) is 15.5. The number of rotatable bonds is 6. The van der Waals surface area contributed by atoms with Crippen molar-refractivity contribution >= 4 is 34.3 Å². The molecule has 2 fully saturated rings. The Balaban J connectivity index is 1.35. The zero-order valence-electron chi connectivity index (χ0n) is 24.8. The molecule has 4 aromatic rings. The summed E-state index contributed by atoms with van der Waals surface area (Å²) in [5.74, 6) is 2.42. The fourth-order valence-corrected chi connectivity index (χ4v) is 5.71. The fourth-order valence-electron chi connectivity index (χ4n) is 5.71. The molecule has 1 N–H and O–H groups in total. The van der Waals surface area contributed by atoms with E-state index in [0.29, 0.717) is 6.04 Å². The van der Waals surface area contributed by atoms with Gasteiger partial charge in [-0.25, -0.2) is 4.98 Å². The van der Waals surface area contributed by atoms with E-state index in [9.17, 15) is 0 Å². The van der Waals surface area contributed by atoms with Gasteiger partial charge in [-0.15, -0.1) is 0 Å². The first-order chi connectivity index (χ1) is 19.0. The summed E-state index contributed by atoms with van der Waals surface area (Å²) in [7, 11) is 1.70. The molecule has 2 aromatic carbocycles. The second-order valence-corrected chi connectivity index (χ2v) is 12.9. The minimum absolute atomic E-state index is 0.0568. The highest BCUT2D eigenvalue weighted by molar-refractivity contribution is 5.87. The Hall–Kier alpha value is -3.81. The zero-order valence-corrected chi connectivity index (χ0v) is 24.8. The van der Waals surface area contributed by atoms with E-state index < -0.39 is 0 Å². The fraction of sp³-hybridized carbons (Fsp3) is 0.469. The van der Waals surface area contributed by atoms with Gasteiger partial charge in [0.25, 0.3) is 0 Å². The quantitative estimate of drug-likeness (QED) is 0.295. The Morgan fingerprint density at radius 1 is 1.00 bits per heavy atom. The van der Waals surface area contributed by atoms with Gasteiger partial charge >= 0.3 is 0 Å². The van der Waals surface area contributed by atoms with Gasteiger partial charge in [0.2, 0.25) is 5.95 Å². The topological polar surface area (TPSA) is 71.3 Å². The molecule has 1 saturated carbocycles. The Morgan fingerprint density at radius 2 is 1.75 bits per heavy atom. The Labute approximate surface area is 237 Å². The Bertz CT molecular complexity index is 1530. The van der Waals surface area contributed by atoms with Crippen molar-refractivity contribution in [1.82, 2.24) is 19.5 Å². The molecule has 2 aliphatic rings. The van der Waals surface area contributed by atoms with E-state index in [0.717, 1.165) is 54.0 Å². The number of ether oxygens (including phenoxy) is 1. The van der Waals surface area contributed by atoms with Crippen LogP contribution in [0.2, 0.25) is 0 Å². The molecule has 1 aliphatic carbocycles. The number of hydrogen-bond donors (Lipinski definition) is 1. The number of hydrogen-bond acceptors (Lipinski definition) is 7. The molecule has 0 unspecified atom stereocenters. The second kappa shape index (κ2) is 9.68. The maximum Gasteiger partial charge on any atom is 0.229 e. The van der Waals surface area contributed by atoms with Crippen LogP contribution in [0, 0.1) is 6.92 Å². The minimum Gasteiger partial charge on any atom is -0.497 e. The van der Waals surface area contributed by atoms with Crippen LogP contribution < -0.4 is 19.9 Å². The molecule has 3 heterocycles. The van der Waals surface area contributed by atoms with Crippen molar-refractivity contribution < 1.29 is 4.74 Å². The molecule has 210 valence electrons. The minimum atomic E-state index is -0.121. The van der Waals surface area contributed by atoms with Gasteiger partial charge < -0.3 is 24.4 Å². The summed E-state index contributed by atoms with van der Waals surface area (Å²) < 4.78 is 7.63. The maximum absolute atomic E-state index is 5.37. The molecule has 0 radical (unpaired) electrons. The van der Waals surface area contributed by atoms with Gasteiger partial charge in [0.15, 0.2) is 11.5 Å².